The Labute approximate surface area is 236 Å². The molecule has 11 nitrogen and oxygen atoms in total. The number of nitrogens with one attached hydrogen (secondary N) is 2. The van der Waals surface area contributed by atoms with Gasteiger partial charge >= 0.3 is 0 Å². The third kappa shape index (κ3) is 5.24. The molecular weight excluding hydrogens is 523 g/mol. The maximum absolute atomic E-state index is 14.0. The maximum Gasteiger partial charge on any atom is 0.245 e. The Bertz CT molecular complexity index is 1750. The summed E-state index contributed by atoms with van der Waals surface area (Å²) in [5.41, 5.74) is 8.36. The second kappa shape index (κ2) is 10.1. The predicted molar refractivity (Wildman–Crippen MR) is 150 cm³/mol. The summed E-state index contributed by atoms with van der Waals surface area (Å²) in [4.78, 5) is 20.5. The number of primary amides is 1. The van der Waals surface area contributed by atoms with Gasteiger partial charge in [-0.15, -0.1) is 5.10 Å². The Kier molecular flexibility index (Phi) is 6.79. The van der Waals surface area contributed by atoms with Gasteiger partial charge in [0.15, 0.2) is 0 Å². The van der Waals surface area contributed by atoms with Crippen LogP contribution >= 0.6 is 0 Å². The molecule has 0 saturated heterocycles. The van der Waals surface area contributed by atoms with Crippen LogP contribution in [0.5, 0.6) is 0 Å². The largest absolute Gasteiger partial charge is 0.383 e. The zero-order valence-electron chi connectivity index (χ0n) is 23.2. The van der Waals surface area contributed by atoms with E-state index in [-0.39, 0.29) is 5.41 Å². The van der Waals surface area contributed by atoms with E-state index in [1.165, 1.54) is 16.9 Å². The Morgan fingerprint density at radius 1 is 1.22 bits per heavy atom. The van der Waals surface area contributed by atoms with Crippen molar-refractivity contribution in [3.63, 3.8) is 0 Å². The highest BCUT2D eigenvalue weighted by molar-refractivity contribution is 5.99. The van der Waals surface area contributed by atoms with Crippen molar-refractivity contribution in [1.29, 1.82) is 10.5 Å². The highest BCUT2D eigenvalue weighted by atomic mass is 19.1. The molecule has 4 N–H and O–H groups in total. The number of pyridine rings is 2. The molecule has 1 unspecified atom stereocenters. The van der Waals surface area contributed by atoms with Crippen LogP contribution in [0.3, 0.4) is 0 Å². The fourth-order valence-corrected chi connectivity index (χ4v) is 4.75. The number of rotatable bonds is 8. The van der Waals surface area contributed by atoms with Gasteiger partial charge in [-0.1, -0.05) is 32.1 Å². The van der Waals surface area contributed by atoms with Crippen LogP contribution in [-0.2, 0) is 10.3 Å². The number of fused-ring (bicyclic) bond motifs is 1. The van der Waals surface area contributed by atoms with Crippen molar-refractivity contribution in [2.24, 2.45) is 11.1 Å². The molecule has 1 atom stereocenters. The van der Waals surface area contributed by atoms with E-state index >= 15 is 0 Å². The van der Waals surface area contributed by atoms with Crippen molar-refractivity contribution in [3.8, 4) is 12.1 Å². The standard InChI is InChI=1S/C29H29FN10O/c1-16-20(5-6-23(30)36-16)26(22-14-40(39-38-22)29(7-8-29)27(33)41)37-19-9-17(11-31)24-21(10-19)25(18(12-32)13-34-24)35-15-28(2,3)4/h5-6,9-10,13-14,26,37H,7-8,15H2,1-4H3,(H2,33,41)(H,34,35). The summed E-state index contributed by atoms with van der Waals surface area (Å²) in [6, 6.07) is 10.0. The van der Waals surface area contributed by atoms with Gasteiger partial charge in [-0.25, -0.2) is 9.67 Å². The Balaban J connectivity index is 1.64. The van der Waals surface area contributed by atoms with E-state index in [2.05, 4.69) is 63.8 Å². The van der Waals surface area contributed by atoms with Gasteiger partial charge in [0.2, 0.25) is 11.9 Å². The van der Waals surface area contributed by atoms with E-state index in [4.69, 9.17) is 5.73 Å². The molecule has 1 aliphatic rings. The number of carbonyl (C=O) groups is 1. The lowest BCUT2D eigenvalue weighted by molar-refractivity contribution is -0.122. The molecule has 1 aliphatic carbocycles. The lowest BCUT2D eigenvalue weighted by Crippen LogP contribution is -2.34. The van der Waals surface area contributed by atoms with Crippen LogP contribution in [0, 0.1) is 40.9 Å². The molecule has 12 heteroatoms. The summed E-state index contributed by atoms with van der Waals surface area (Å²) in [6.07, 6.45) is 4.24. The molecular formula is C29H29FN10O. The first-order chi connectivity index (χ1) is 19.5. The summed E-state index contributed by atoms with van der Waals surface area (Å²) < 4.78 is 15.4. The van der Waals surface area contributed by atoms with E-state index in [1.807, 2.05) is 6.07 Å². The van der Waals surface area contributed by atoms with E-state index < -0.39 is 23.4 Å². The zero-order chi connectivity index (χ0) is 29.5. The van der Waals surface area contributed by atoms with Crippen molar-refractivity contribution < 1.29 is 9.18 Å². The van der Waals surface area contributed by atoms with Gasteiger partial charge in [0.05, 0.1) is 34.6 Å². The minimum Gasteiger partial charge on any atom is -0.383 e. The molecule has 0 radical (unpaired) electrons. The molecule has 0 bridgehead atoms. The van der Waals surface area contributed by atoms with Crippen LogP contribution in [0.1, 0.15) is 67.7 Å². The average molecular weight is 553 g/mol. The molecule has 0 spiro atoms. The number of carbonyl (C=O) groups excluding carboxylic acids is 1. The van der Waals surface area contributed by atoms with E-state index in [0.717, 1.165) is 0 Å². The second-order valence-corrected chi connectivity index (χ2v) is 11.5. The van der Waals surface area contributed by atoms with Crippen LogP contribution in [-0.4, -0.2) is 37.4 Å². The monoisotopic (exact) mass is 552 g/mol. The van der Waals surface area contributed by atoms with Crippen molar-refractivity contribution in [3.05, 3.63) is 70.7 Å². The first-order valence-corrected chi connectivity index (χ1v) is 13.1. The van der Waals surface area contributed by atoms with Crippen LogP contribution in [0.2, 0.25) is 0 Å². The molecule has 208 valence electrons. The summed E-state index contributed by atoms with van der Waals surface area (Å²) in [5, 5.41) is 35.7. The number of benzene rings is 1. The van der Waals surface area contributed by atoms with Crippen LogP contribution in [0.25, 0.3) is 10.9 Å². The average Bonchev–Trinajstić information content (AvgIpc) is 3.60. The Morgan fingerprint density at radius 2 is 1.95 bits per heavy atom. The van der Waals surface area contributed by atoms with Crippen molar-refractivity contribution in [1.82, 2.24) is 25.0 Å². The van der Waals surface area contributed by atoms with Crippen molar-refractivity contribution in [2.75, 3.05) is 17.2 Å². The van der Waals surface area contributed by atoms with Crippen LogP contribution in [0.4, 0.5) is 15.8 Å². The quantitative estimate of drug-likeness (QED) is 0.273. The number of nitriles is 2. The smallest absolute Gasteiger partial charge is 0.245 e. The molecule has 1 fully saturated rings. The minimum atomic E-state index is -0.907. The molecule has 3 heterocycles. The number of hydrogen-bond donors (Lipinski definition) is 3. The second-order valence-electron chi connectivity index (χ2n) is 11.5. The number of aromatic nitrogens is 5. The molecule has 0 aliphatic heterocycles. The van der Waals surface area contributed by atoms with Gasteiger partial charge in [-0.2, -0.15) is 14.9 Å². The molecule has 1 amide bonds. The summed E-state index contributed by atoms with van der Waals surface area (Å²) >= 11 is 0. The normalized spacial score (nSPS) is 14.6. The van der Waals surface area contributed by atoms with Gasteiger partial charge in [-0.3, -0.25) is 9.78 Å². The lowest BCUT2D eigenvalue weighted by Gasteiger charge is -2.23. The number of aryl methyl sites for hydroxylation is 1. The van der Waals surface area contributed by atoms with Gasteiger partial charge in [-0.05, 0) is 43.4 Å². The van der Waals surface area contributed by atoms with E-state index in [1.54, 1.807) is 25.3 Å². The zero-order valence-corrected chi connectivity index (χ0v) is 23.2. The maximum atomic E-state index is 14.0. The SMILES string of the molecule is Cc1nc(F)ccc1C(Nc1cc(C#N)c2ncc(C#N)c(NCC(C)(C)C)c2c1)c1cn(C2(C(N)=O)CC2)nn1. The van der Waals surface area contributed by atoms with Crippen LogP contribution in [0.15, 0.2) is 36.7 Å². The summed E-state index contributed by atoms with van der Waals surface area (Å²) in [7, 11) is 0. The third-order valence-corrected chi connectivity index (χ3v) is 7.15. The fourth-order valence-electron chi connectivity index (χ4n) is 4.75. The van der Waals surface area contributed by atoms with Crippen molar-refractivity contribution >= 4 is 28.2 Å². The molecule has 3 aromatic heterocycles. The molecule has 5 rings (SSSR count). The third-order valence-electron chi connectivity index (χ3n) is 7.15. The van der Waals surface area contributed by atoms with E-state index in [9.17, 15) is 19.7 Å². The Morgan fingerprint density at radius 3 is 2.56 bits per heavy atom. The van der Waals surface area contributed by atoms with Gasteiger partial charge in [0, 0.05) is 35.1 Å². The first-order valence-electron chi connectivity index (χ1n) is 13.1. The predicted octanol–water partition coefficient (Wildman–Crippen LogP) is 4.05. The Hall–Kier alpha value is -5.10. The molecule has 1 aromatic carbocycles. The van der Waals surface area contributed by atoms with Crippen LogP contribution < -0.4 is 16.4 Å². The number of amides is 1. The van der Waals surface area contributed by atoms with Gasteiger partial charge < -0.3 is 16.4 Å². The number of nitrogens with zero attached hydrogens (tertiary/aromatic N) is 7. The molecule has 41 heavy (non-hydrogen) atoms. The highest BCUT2D eigenvalue weighted by Crippen LogP contribution is 2.43. The minimum absolute atomic E-state index is 0.0793. The number of halogens is 1. The first kappa shape index (κ1) is 27.5. The highest BCUT2D eigenvalue weighted by Gasteiger charge is 2.52. The fraction of sp³-hybridized carbons (Fsp3) is 0.345. The van der Waals surface area contributed by atoms with Gasteiger partial charge in [0.1, 0.15) is 23.4 Å². The number of anilines is 2. The molecule has 4 aromatic rings. The topological polar surface area (TPSA) is 171 Å². The van der Waals surface area contributed by atoms with E-state index in [0.29, 0.717) is 69.7 Å². The summed E-state index contributed by atoms with van der Waals surface area (Å²) in [6.45, 7) is 8.48. The molecule has 1 saturated carbocycles. The number of nitrogens with two attached hydrogens (primary N) is 1. The van der Waals surface area contributed by atoms with Crippen molar-refractivity contribution in [2.45, 2.75) is 52.1 Å². The lowest BCUT2D eigenvalue weighted by atomic mass is 9.96. The van der Waals surface area contributed by atoms with Gasteiger partial charge in [0.25, 0.3) is 0 Å². The number of hydrogen-bond acceptors (Lipinski definition) is 9. The summed E-state index contributed by atoms with van der Waals surface area (Å²) in [5.74, 6) is -1.11.